The molecule has 0 atom stereocenters. The first kappa shape index (κ1) is 25.2. The topological polar surface area (TPSA) is 84.9 Å². The maximum absolute atomic E-state index is 14.3. The van der Waals surface area contributed by atoms with Crippen LogP contribution >= 0.6 is 23.2 Å². The van der Waals surface area contributed by atoms with Crippen molar-refractivity contribution in [2.24, 2.45) is 0 Å². The van der Waals surface area contributed by atoms with Crippen LogP contribution in [0, 0.1) is 5.82 Å². The molecule has 0 saturated carbocycles. The van der Waals surface area contributed by atoms with Gasteiger partial charge in [-0.05, 0) is 55.0 Å². The molecule has 0 aromatic heterocycles. The first-order chi connectivity index (χ1) is 17.3. The second-order valence-corrected chi connectivity index (χ2v) is 8.42. The van der Waals surface area contributed by atoms with Crippen LogP contribution in [-0.2, 0) is 16.2 Å². The average Bonchev–Trinajstić information content (AvgIpc) is 2.83. The summed E-state index contributed by atoms with van der Waals surface area (Å²) < 4.78 is 25.8. The molecular weight excluding hydrogens is 510 g/mol. The van der Waals surface area contributed by atoms with Gasteiger partial charge in [-0.3, -0.25) is 14.9 Å². The molecule has 1 saturated heterocycles. The largest absolute Gasteiger partial charge is 0.490 e. The highest BCUT2D eigenvalue weighted by Crippen LogP contribution is 2.32. The maximum Gasteiger partial charge on any atom is 0.336 e. The summed E-state index contributed by atoms with van der Waals surface area (Å²) in [6.07, 6.45) is 1.29. The Kier molecular flexibility index (Phi) is 7.57. The van der Waals surface area contributed by atoms with E-state index in [1.165, 1.54) is 24.3 Å². The number of benzene rings is 3. The van der Waals surface area contributed by atoms with E-state index < -0.39 is 23.7 Å². The molecule has 1 N–H and O–H groups in total. The lowest BCUT2D eigenvalue weighted by Crippen LogP contribution is -2.54. The third kappa shape index (κ3) is 5.35. The van der Waals surface area contributed by atoms with Crippen LogP contribution in [0.25, 0.3) is 6.08 Å². The molecule has 3 aromatic carbocycles. The molecule has 1 aliphatic heterocycles. The maximum atomic E-state index is 14.3. The fourth-order valence-corrected chi connectivity index (χ4v) is 3.94. The summed E-state index contributed by atoms with van der Waals surface area (Å²) in [4.78, 5) is 38.4. The Bertz CT molecular complexity index is 1390. The average molecular weight is 529 g/mol. The third-order valence-corrected chi connectivity index (χ3v) is 5.76. The molecule has 3 aromatic rings. The Morgan fingerprint density at radius 1 is 0.972 bits per heavy atom. The van der Waals surface area contributed by atoms with Gasteiger partial charge in [0, 0.05) is 15.6 Å². The number of hydrogen-bond acceptors (Lipinski definition) is 5. The molecular formula is C26H19Cl2FN2O5. The van der Waals surface area contributed by atoms with Crippen molar-refractivity contribution in [3.05, 3.63) is 93.2 Å². The van der Waals surface area contributed by atoms with Gasteiger partial charge in [-0.2, -0.15) is 0 Å². The molecule has 4 amide bonds. The zero-order chi connectivity index (χ0) is 25.8. The Balaban J connectivity index is 1.62. The highest BCUT2D eigenvalue weighted by Gasteiger charge is 2.38. The standard InChI is InChI=1S/C26H19Cl2FN2O5/c1-2-35-23-12-15(7-10-22(23)36-14-16-8-9-17(27)13-19(16)28)11-18-24(32)30-26(34)31(25(18)33)21-6-4-3-5-20(21)29/h3-13H,2,14H2,1H3,(H,30,32,34)/b18-11-. The van der Waals surface area contributed by atoms with Crippen molar-refractivity contribution in [1.29, 1.82) is 0 Å². The number of hydrogen-bond donors (Lipinski definition) is 1. The van der Waals surface area contributed by atoms with Crippen LogP contribution in [0.3, 0.4) is 0 Å². The number of rotatable bonds is 7. The fraction of sp³-hybridized carbons (Fsp3) is 0.115. The minimum atomic E-state index is -1.04. The van der Waals surface area contributed by atoms with Crippen LogP contribution in [0.1, 0.15) is 18.1 Å². The first-order valence-electron chi connectivity index (χ1n) is 10.8. The third-order valence-electron chi connectivity index (χ3n) is 5.17. The number of para-hydroxylation sites is 1. The van der Waals surface area contributed by atoms with Crippen molar-refractivity contribution in [3.63, 3.8) is 0 Å². The molecule has 4 rings (SSSR count). The van der Waals surface area contributed by atoms with E-state index in [0.717, 1.165) is 11.6 Å². The quantitative estimate of drug-likeness (QED) is 0.310. The summed E-state index contributed by atoms with van der Waals surface area (Å²) in [5.74, 6) is -1.86. The van der Waals surface area contributed by atoms with E-state index in [4.69, 9.17) is 32.7 Å². The molecule has 36 heavy (non-hydrogen) atoms. The van der Waals surface area contributed by atoms with Crippen molar-refractivity contribution in [2.75, 3.05) is 11.5 Å². The number of nitrogens with one attached hydrogen (secondary N) is 1. The normalized spacial score (nSPS) is 14.7. The van der Waals surface area contributed by atoms with Crippen molar-refractivity contribution in [3.8, 4) is 11.5 Å². The Morgan fingerprint density at radius 2 is 1.75 bits per heavy atom. The van der Waals surface area contributed by atoms with E-state index in [1.54, 1.807) is 43.3 Å². The molecule has 184 valence electrons. The predicted octanol–water partition coefficient (Wildman–Crippen LogP) is 5.78. The SMILES string of the molecule is CCOc1cc(/C=C2/C(=O)NC(=O)N(c3ccccc3F)C2=O)ccc1OCc1ccc(Cl)cc1Cl. The van der Waals surface area contributed by atoms with Gasteiger partial charge in [0.1, 0.15) is 18.0 Å². The number of halogens is 3. The summed E-state index contributed by atoms with van der Waals surface area (Å²) >= 11 is 12.1. The van der Waals surface area contributed by atoms with Gasteiger partial charge in [-0.1, -0.05) is 47.5 Å². The fourth-order valence-electron chi connectivity index (χ4n) is 3.47. The van der Waals surface area contributed by atoms with Crippen LogP contribution in [0.2, 0.25) is 10.0 Å². The molecule has 0 aliphatic carbocycles. The van der Waals surface area contributed by atoms with Gasteiger partial charge in [0.15, 0.2) is 11.5 Å². The lowest BCUT2D eigenvalue weighted by molar-refractivity contribution is -0.122. The summed E-state index contributed by atoms with van der Waals surface area (Å²) in [5, 5.41) is 3.03. The first-order valence-corrected chi connectivity index (χ1v) is 11.5. The van der Waals surface area contributed by atoms with Gasteiger partial charge in [-0.15, -0.1) is 0 Å². The predicted molar refractivity (Wildman–Crippen MR) is 134 cm³/mol. The number of amides is 4. The summed E-state index contributed by atoms with van der Waals surface area (Å²) in [6, 6.07) is 14.1. The lowest BCUT2D eigenvalue weighted by atomic mass is 10.1. The Labute approximate surface area is 216 Å². The summed E-state index contributed by atoms with van der Waals surface area (Å²) in [5.41, 5.74) is 0.536. The Hall–Kier alpha value is -3.88. The smallest absolute Gasteiger partial charge is 0.336 e. The van der Waals surface area contributed by atoms with E-state index >= 15 is 0 Å². The number of barbiturate groups is 1. The highest BCUT2D eigenvalue weighted by molar-refractivity contribution is 6.39. The molecule has 0 spiro atoms. The van der Waals surface area contributed by atoms with E-state index in [0.29, 0.717) is 38.6 Å². The van der Waals surface area contributed by atoms with Crippen molar-refractivity contribution >= 4 is 52.8 Å². The van der Waals surface area contributed by atoms with E-state index in [2.05, 4.69) is 5.32 Å². The molecule has 1 aliphatic rings. The second-order valence-electron chi connectivity index (χ2n) is 7.57. The van der Waals surface area contributed by atoms with Crippen LogP contribution in [0.15, 0.2) is 66.2 Å². The van der Waals surface area contributed by atoms with Crippen LogP contribution in [0.4, 0.5) is 14.9 Å². The van der Waals surface area contributed by atoms with Crippen LogP contribution < -0.4 is 19.7 Å². The lowest BCUT2D eigenvalue weighted by Gasteiger charge is -2.26. The number of carbonyl (C=O) groups is 3. The van der Waals surface area contributed by atoms with E-state index in [9.17, 15) is 18.8 Å². The number of imide groups is 2. The molecule has 7 nitrogen and oxygen atoms in total. The molecule has 1 fully saturated rings. The number of urea groups is 1. The van der Waals surface area contributed by atoms with Crippen LogP contribution in [-0.4, -0.2) is 24.5 Å². The van der Waals surface area contributed by atoms with Crippen molar-refractivity contribution in [1.82, 2.24) is 5.32 Å². The molecule has 0 radical (unpaired) electrons. The number of nitrogens with zero attached hydrogens (tertiary/aromatic N) is 1. The van der Waals surface area contributed by atoms with E-state index in [1.807, 2.05) is 0 Å². The van der Waals surface area contributed by atoms with Gasteiger partial charge in [0.05, 0.1) is 12.3 Å². The summed E-state index contributed by atoms with van der Waals surface area (Å²) in [6.45, 7) is 2.27. The Morgan fingerprint density at radius 3 is 2.47 bits per heavy atom. The van der Waals surface area contributed by atoms with E-state index in [-0.39, 0.29) is 17.9 Å². The van der Waals surface area contributed by atoms with Crippen molar-refractivity contribution in [2.45, 2.75) is 13.5 Å². The van der Waals surface area contributed by atoms with Gasteiger partial charge in [0.2, 0.25) is 0 Å². The minimum absolute atomic E-state index is 0.150. The zero-order valence-corrected chi connectivity index (χ0v) is 20.4. The van der Waals surface area contributed by atoms with Crippen molar-refractivity contribution < 1.29 is 28.2 Å². The molecule has 0 bridgehead atoms. The van der Waals surface area contributed by atoms with Gasteiger partial charge in [0.25, 0.3) is 11.8 Å². The van der Waals surface area contributed by atoms with Gasteiger partial charge in [-0.25, -0.2) is 14.1 Å². The molecule has 1 heterocycles. The van der Waals surface area contributed by atoms with Gasteiger partial charge < -0.3 is 9.47 Å². The number of ether oxygens (including phenoxy) is 2. The number of anilines is 1. The molecule has 0 unspecified atom stereocenters. The minimum Gasteiger partial charge on any atom is -0.490 e. The summed E-state index contributed by atoms with van der Waals surface area (Å²) in [7, 11) is 0. The van der Waals surface area contributed by atoms with Crippen LogP contribution in [0.5, 0.6) is 11.5 Å². The second kappa shape index (κ2) is 10.8. The highest BCUT2D eigenvalue weighted by atomic mass is 35.5. The van der Waals surface area contributed by atoms with Gasteiger partial charge >= 0.3 is 6.03 Å². The number of carbonyl (C=O) groups excluding carboxylic acids is 3. The zero-order valence-electron chi connectivity index (χ0n) is 18.9. The molecule has 10 heteroatoms. The monoisotopic (exact) mass is 528 g/mol.